The van der Waals surface area contributed by atoms with Crippen LogP contribution in [0.1, 0.15) is 125 Å². The largest absolute Gasteiger partial charge is 0.481 e. The number of ether oxygens (including phenoxy) is 4. The number of hydrogen-bond acceptors (Lipinski definition) is 7. The number of carboxylic acid groups (broad SMARTS) is 1. The monoisotopic (exact) mass is 719 g/mol. The van der Waals surface area contributed by atoms with Gasteiger partial charge in [-0.15, -0.1) is 0 Å². The number of allylic oxidation sites excluding steroid dienone is 1. The maximum absolute atomic E-state index is 12.6. The van der Waals surface area contributed by atoms with Gasteiger partial charge in [0.25, 0.3) is 0 Å². The zero-order chi connectivity index (χ0) is 36.9. The molecule has 0 heterocycles. The molecule has 3 fully saturated rings. The number of amides is 2. The lowest BCUT2D eigenvalue weighted by atomic mass is 9.47. The van der Waals surface area contributed by atoms with E-state index in [2.05, 4.69) is 51.3 Å². The van der Waals surface area contributed by atoms with Crippen LogP contribution in [0.25, 0.3) is 0 Å². The topological polar surface area (TPSA) is 132 Å². The molecule has 8 atom stereocenters. The van der Waals surface area contributed by atoms with Crippen LogP contribution >= 0.6 is 0 Å². The molecule has 3 saturated carbocycles. The zero-order valence-electron chi connectivity index (χ0n) is 32.5. The van der Waals surface area contributed by atoms with Crippen LogP contribution in [0.5, 0.6) is 0 Å². The summed E-state index contributed by atoms with van der Waals surface area (Å²) in [4.78, 5) is 34.5. The van der Waals surface area contributed by atoms with E-state index in [1.807, 2.05) is 0 Å². The Morgan fingerprint density at radius 3 is 2.27 bits per heavy atom. The Bertz CT molecular complexity index is 1140. The molecule has 8 unspecified atom stereocenters. The lowest BCUT2D eigenvalue weighted by Gasteiger charge is -2.58. The van der Waals surface area contributed by atoms with E-state index in [1.165, 1.54) is 51.4 Å². The first-order valence-corrected chi connectivity index (χ1v) is 20.3. The number of carbonyl (C=O) groups excluding carboxylic acids is 2. The first kappa shape index (κ1) is 41.6. The average molecular weight is 719 g/mol. The fraction of sp³-hybridized carbons (Fsp3) is 0.878. The highest BCUT2D eigenvalue weighted by atomic mass is 16.6. The van der Waals surface area contributed by atoms with E-state index in [0.29, 0.717) is 64.6 Å². The van der Waals surface area contributed by atoms with Gasteiger partial charge in [-0.3, -0.25) is 9.59 Å². The van der Waals surface area contributed by atoms with Crippen LogP contribution in [-0.2, 0) is 28.5 Å². The van der Waals surface area contributed by atoms with Gasteiger partial charge >= 0.3 is 12.1 Å². The smallest absolute Gasteiger partial charge is 0.407 e. The van der Waals surface area contributed by atoms with Gasteiger partial charge in [0.15, 0.2) is 0 Å². The molecule has 0 aromatic carbocycles. The third-order valence-corrected chi connectivity index (χ3v) is 13.1. The minimum atomic E-state index is -0.989. The molecule has 0 aromatic heterocycles. The third-order valence-electron chi connectivity index (χ3n) is 13.1. The van der Waals surface area contributed by atoms with Crippen molar-refractivity contribution in [2.24, 2.45) is 46.3 Å². The van der Waals surface area contributed by atoms with E-state index in [-0.39, 0.29) is 36.4 Å². The quantitative estimate of drug-likeness (QED) is 0.0773. The molecule has 0 bridgehead atoms. The standard InChI is InChI=1S/C41H70N2O8/c1-29(2)8-6-9-30(3)34-12-13-35-33-11-10-31-28-32(16-18-40(31,4)36(33)17-19-41(34,35)5)51-39(47)43-20-7-22-48-24-26-50-27-25-49-23-21-42-37(44)14-15-38(45)46/h10,29-30,32-36H,6-9,11-28H2,1-5H3,(H,42,44)(H,43,47)(H,45,46). The van der Waals surface area contributed by atoms with Crippen molar-refractivity contribution in [1.82, 2.24) is 10.6 Å². The summed E-state index contributed by atoms with van der Waals surface area (Å²) in [6.07, 6.45) is 16.6. The molecule has 0 radical (unpaired) electrons. The van der Waals surface area contributed by atoms with Gasteiger partial charge in [0.05, 0.1) is 39.5 Å². The van der Waals surface area contributed by atoms with Crippen molar-refractivity contribution in [3.05, 3.63) is 11.6 Å². The van der Waals surface area contributed by atoms with Crippen LogP contribution < -0.4 is 10.6 Å². The summed E-state index contributed by atoms with van der Waals surface area (Å²) in [6.45, 7) is 15.9. The number of hydrogen-bond donors (Lipinski definition) is 3. The summed E-state index contributed by atoms with van der Waals surface area (Å²) in [5.41, 5.74) is 2.30. The summed E-state index contributed by atoms with van der Waals surface area (Å²) in [6, 6.07) is 0. The van der Waals surface area contributed by atoms with Gasteiger partial charge in [-0.2, -0.15) is 0 Å². The highest BCUT2D eigenvalue weighted by molar-refractivity contribution is 5.80. The number of fused-ring (bicyclic) bond motifs is 5. The van der Waals surface area contributed by atoms with E-state index >= 15 is 0 Å². The number of rotatable bonds is 22. The molecule has 292 valence electrons. The molecule has 10 heteroatoms. The van der Waals surface area contributed by atoms with E-state index < -0.39 is 5.97 Å². The maximum atomic E-state index is 12.6. The second kappa shape index (κ2) is 20.3. The van der Waals surface area contributed by atoms with E-state index in [0.717, 1.165) is 54.8 Å². The molecule has 0 spiro atoms. The van der Waals surface area contributed by atoms with Crippen LogP contribution in [0.3, 0.4) is 0 Å². The van der Waals surface area contributed by atoms with Crippen LogP contribution in [-0.4, -0.2) is 81.9 Å². The second-order valence-electron chi connectivity index (χ2n) is 16.9. The van der Waals surface area contributed by atoms with Gasteiger partial charge < -0.3 is 34.7 Å². The van der Waals surface area contributed by atoms with Crippen LogP contribution in [0.2, 0.25) is 0 Å². The van der Waals surface area contributed by atoms with Crippen molar-refractivity contribution in [1.29, 1.82) is 0 Å². The Kier molecular flexibility index (Phi) is 16.6. The number of carboxylic acids is 1. The molecule has 10 nitrogen and oxygen atoms in total. The molecule has 0 aromatic rings. The van der Waals surface area contributed by atoms with Crippen molar-refractivity contribution in [3.8, 4) is 0 Å². The minimum Gasteiger partial charge on any atom is -0.481 e. The number of carbonyl (C=O) groups is 3. The molecule has 2 amide bonds. The predicted molar refractivity (Wildman–Crippen MR) is 198 cm³/mol. The lowest BCUT2D eigenvalue weighted by molar-refractivity contribution is -0.138. The summed E-state index contributed by atoms with van der Waals surface area (Å²) >= 11 is 0. The predicted octanol–water partition coefficient (Wildman–Crippen LogP) is 7.54. The van der Waals surface area contributed by atoms with Crippen molar-refractivity contribution in [2.45, 2.75) is 131 Å². The highest BCUT2D eigenvalue weighted by Crippen LogP contribution is 2.67. The lowest BCUT2D eigenvalue weighted by Crippen LogP contribution is -2.51. The third kappa shape index (κ3) is 11.9. The summed E-state index contributed by atoms with van der Waals surface area (Å²) in [5, 5.41) is 14.1. The van der Waals surface area contributed by atoms with Gasteiger partial charge in [-0.05, 0) is 97.7 Å². The van der Waals surface area contributed by atoms with E-state index in [4.69, 9.17) is 24.1 Å². The molecule has 0 aliphatic heterocycles. The molecule has 51 heavy (non-hydrogen) atoms. The number of aliphatic carboxylic acids is 1. The second-order valence-corrected chi connectivity index (χ2v) is 16.9. The summed E-state index contributed by atoms with van der Waals surface area (Å²) in [7, 11) is 0. The molecule has 0 saturated heterocycles. The molecular formula is C41H70N2O8. The zero-order valence-corrected chi connectivity index (χ0v) is 32.5. The van der Waals surface area contributed by atoms with Crippen molar-refractivity contribution in [3.63, 3.8) is 0 Å². The van der Waals surface area contributed by atoms with Crippen molar-refractivity contribution >= 4 is 18.0 Å². The Morgan fingerprint density at radius 1 is 0.824 bits per heavy atom. The van der Waals surface area contributed by atoms with E-state index in [1.54, 1.807) is 5.57 Å². The maximum Gasteiger partial charge on any atom is 0.407 e. The first-order valence-electron chi connectivity index (χ1n) is 20.3. The van der Waals surface area contributed by atoms with Crippen molar-refractivity contribution in [2.75, 3.05) is 52.7 Å². The number of alkyl carbamates (subject to hydrolysis) is 1. The number of nitrogens with one attached hydrogen (secondary N) is 2. The first-order chi connectivity index (χ1) is 24.4. The SMILES string of the molecule is CC(C)CCCC(C)C1CCC2C3CC=C4CC(OC(=O)NCCCOCCOCCOCCNC(=O)CCC(=O)O)CCC4(C)C3CCC12C. The highest BCUT2D eigenvalue weighted by Gasteiger charge is 2.59. The van der Waals surface area contributed by atoms with Crippen molar-refractivity contribution < 1.29 is 38.4 Å². The normalized spacial score (nSPS) is 30.5. The van der Waals surface area contributed by atoms with Gasteiger partial charge in [-0.25, -0.2) is 4.79 Å². The molecule has 4 rings (SSSR count). The van der Waals surface area contributed by atoms with Gasteiger partial charge in [0.1, 0.15) is 6.10 Å². The Morgan fingerprint density at radius 2 is 1.55 bits per heavy atom. The Labute approximate surface area is 307 Å². The fourth-order valence-electron chi connectivity index (χ4n) is 10.4. The van der Waals surface area contributed by atoms with Crippen LogP contribution in [0, 0.1) is 46.3 Å². The minimum absolute atomic E-state index is 0.0309. The average Bonchev–Trinajstić information content (AvgIpc) is 3.44. The summed E-state index contributed by atoms with van der Waals surface area (Å²) < 4.78 is 22.4. The van der Waals surface area contributed by atoms with Crippen LogP contribution in [0.15, 0.2) is 11.6 Å². The summed E-state index contributed by atoms with van der Waals surface area (Å²) in [5.74, 6) is 3.68. The molecule has 4 aliphatic carbocycles. The van der Waals surface area contributed by atoms with Crippen LogP contribution in [0.4, 0.5) is 4.79 Å². The fourth-order valence-corrected chi connectivity index (χ4v) is 10.4. The molecule has 4 aliphatic rings. The Hall–Kier alpha value is -2.17. The molecular weight excluding hydrogens is 648 g/mol. The Balaban J connectivity index is 1.05. The van der Waals surface area contributed by atoms with Gasteiger partial charge in [-0.1, -0.05) is 65.5 Å². The van der Waals surface area contributed by atoms with Gasteiger partial charge in [0, 0.05) is 32.5 Å². The van der Waals surface area contributed by atoms with E-state index in [9.17, 15) is 14.4 Å². The molecule has 3 N–H and O–H groups in total. The van der Waals surface area contributed by atoms with Gasteiger partial charge in [0.2, 0.25) is 5.91 Å².